The maximum absolute atomic E-state index is 13.3. The lowest BCUT2D eigenvalue weighted by atomic mass is 10.1. The van der Waals surface area contributed by atoms with Gasteiger partial charge < -0.3 is 0 Å². The fourth-order valence-corrected chi connectivity index (χ4v) is 1.53. The van der Waals surface area contributed by atoms with Crippen LogP contribution in [0.5, 0.6) is 0 Å². The summed E-state index contributed by atoms with van der Waals surface area (Å²) in [4.78, 5) is 0. The predicted octanol–water partition coefficient (Wildman–Crippen LogP) is 3.72. The molecule has 0 fully saturated rings. The number of halogens is 2. The van der Waals surface area contributed by atoms with Gasteiger partial charge >= 0.3 is 0 Å². The van der Waals surface area contributed by atoms with E-state index in [-0.39, 0.29) is 5.82 Å². The van der Waals surface area contributed by atoms with Crippen molar-refractivity contribution in [1.29, 1.82) is 0 Å². The van der Waals surface area contributed by atoms with Crippen molar-refractivity contribution in [2.45, 2.75) is 5.88 Å². The van der Waals surface area contributed by atoms with Crippen LogP contribution in [0.25, 0.3) is 10.8 Å². The van der Waals surface area contributed by atoms with Gasteiger partial charge in [0.05, 0.1) is 0 Å². The molecule has 0 heterocycles. The molecule has 2 rings (SSSR count). The minimum Gasteiger partial charge on any atom is -0.206 e. The molecule has 66 valence electrons. The van der Waals surface area contributed by atoms with Gasteiger partial charge in [0.15, 0.2) is 0 Å². The quantitative estimate of drug-likeness (QED) is 0.607. The van der Waals surface area contributed by atoms with E-state index < -0.39 is 0 Å². The molecule has 2 aromatic rings. The fourth-order valence-electron chi connectivity index (χ4n) is 1.36. The van der Waals surface area contributed by atoms with E-state index in [0.717, 1.165) is 10.9 Å². The number of benzene rings is 2. The zero-order valence-electron chi connectivity index (χ0n) is 6.93. The molecular formula is C11H8ClF. The van der Waals surface area contributed by atoms with E-state index in [4.69, 9.17) is 11.6 Å². The summed E-state index contributed by atoms with van der Waals surface area (Å²) in [5.74, 6) is 0.231. The van der Waals surface area contributed by atoms with Crippen LogP contribution < -0.4 is 0 Å². The summed E-state index contributed by atoms with van der Waals surface area (Å²) in [7, 11) is 0. The van der Waals surface area contributed by atoms with Gasteiger partial charge in [0.25, 0.3) is 0 Å². The molecule has 2 heteroatoms. The molecule has 13 heavy (non-hydrogen) atoms. The van der Waals surface area contributed by atoms with Gasteiger partial charge in [-0.3, -0.25) is 0 Å². The predicted molar refractivity (Wildman–Crippen MR) is 53.5 cm³/mol. The highest BCUT2D eigenvalue weighted by molar-refractivity contribution is 6.17. The van der Waals surface area contributed by atoms with Crippen molar-refractivity contribution < 1.29 is 4.39 Å². The second kappa shape index (κ2) is 3.35. The van der Waals surface area contributed by atoms with E-state index in [0.29, 0.717) is 11.3 Å². The monoisotopic (exact) mass is 194 g/mol. The average Bonchev–Trinajstić information content (AvgIpc) is 2.18. The van der Waals surface area contributed by atoms with Crippen LogP contribution in [0.4, 0.5) is 4.39 Å². The van der Waals surface area contributed by atoms with Crippen molar-refractivity contribution in [3.05, 3.63) is 47.8 Å². The number of hydrogen-bond donors (Lipinski definition) is 0. The van der Waals surface area contributed by atoms with E-state index in [1.165, 1.54) is 6.07 Å². The first kappa shape index (κ1) is 8.52. The lowest BCUT2D eigenvalue weighted by Gasteiger charge is -2.00. The normalized spacial score (nSPS) is 10.6. The number of alkyl halides is 1. The number of fused-ring (bicyclic) bond motifs is 1. The van der Waals surface area contributed by atoms with Crippen molar-refractivity contribution in [3.63, 3.8) is 0 Å². The molecule has 0 unspecified atom stereocenters. The highest BCUT2D eigenvalue weighted by Gasteiger charge is 2.00. The van der Waals surface area contributed by atoms with Crippen LogP contribution >= 0.6 is 11.6 Å². The second-order valence-electron chi connectivity index (χ2n) is 2.93. The van der Waals surface area contributed by atoms with Crippen LogP contribution in [-0.2, 0) is 5.88 Å². The summed E-state index contributed by atoms with van der Waals surface area (Å²) >= 11 is 5.66. The largest absolute Gasteiger partial charge is 0.206 e. The van der Waals surface area contributed by atoms with E-state index >= 15 is 0 Å². The molecule has 0 saturated heterocycles. The van der Waals surface area contributed by atoms with Crippen LogP contribution in [0.1, 0.15) is 5.56 Å². The first-order valence-electron chi connectivity index (χ1n) is 4.04. The standard InChI is InChI=1S/C11H8ClF/c12-7-8-4-5-9-2-1-3-11(13)10(9)6-8/h1-6H,7H2. The van der Waals surface area contributed by atoms with Crippen molar-refractivity contribution in [3.8, 4) is 0 Å². The fraction of sp³-hybridized carbons (Fsp3) is 0.0909. The lowest BCUT2D eigenvalue weighted by molar-refractivity contribution is 0.640. The molecule has 0 aliphatic carbocycles. The van der Waals surface area contributed by atoms with Crippen LogP contribution in [0.2, 0.25) is 0 Å². The Balaban J connectivity index is 2.74. The van der Waals surface area contributed by atoms with Crippen LogP contribution in [0, 0.1) is 5.82 Å². The smallest absolute Gasteiger partial charge is 0.131 e. The van der Waals surface area contributed by atoms with Crippen molar-refractivity contribution in [2.24, 2.45) is 0 Å². The summed E-state index contributed by atoms with van der Waals surface area (Å²) in [6, 6.07) is 10.6. The Bertz CT molecular complexity index is 437. The third kappa shape index (κ3) is 1.52. The van der Waals surface area contributed by atoms with E-state index in [1.54, 1.807) is 12.1 Å². The van der Waals surface area contributed by atoms with E-state index in [9.17, 15) is 4.39 Å². The number of hydrogen-bond acceptors (Lipinski definition) is 0. The van der Waals surface area contributed by atoms with Gasteiger partial charge in [-0.1, -0.05) is 24.3 Å². The topological polar surface area (TPSA) is 0 Å². The average molecular weight is 195 g/mol. The van der Waals surface area contributed by atoms with Crippen molar-refractivity contribution >= 4 is 22.4 Å². The molecule has 0 spiro atoms. The Labute approximate surface area is 80.9 Å². The first-order valence-corrected chi connectivity index (χ1v) is 4.58. The molecule has 0 atom stereocenters. The molecule has 0 aliphatic heterocycles. The highest BCUT2D eigenvalue weighted by atomic mass is 35.5. The third-order valence-electron chi connectivity index (χ3n) is 2.05. The van der Waals surface area contributed by atoms with Crippen molar-refractivity contribution in [2.75, 3.05) is 0 Å². The van der Waals surface area contributed by atoms with Gasteiger partial charge in [0.1, 0.15) is 5.82 Å². The molecule has 0 bridgehead atoms. The zero-order valence-corrected chi connectivity index (χ0v) is 7.68. The van der Waals surface area contributed by atoms with Crippen LogP contribution in [0.15, 0.2) is 36.4 Å². The maximum atomic E-state index is 13.3. The minimum absolute atomic E-state index is 0.190. The summed E-state index contributed by atoms with van der Waals surface area (Å²) in [6.45, 7) is 0. The zero-order chi connectivity index (χ0) is 9.26. The number of rotatable bonds is 1. The van der Waals surface area contributed by atoms with Crippen LogP contribution in [-0.4, -0.2) is 0 Å². The first-order chi connectivity index (χ1) is 6.31. The molecule has 2 aromatic carbocycles. The Hall–Kier alpha value is -1.08. The second-order valence-corrected chi connectivity index (χ2v) is 3.20. The molecule has 0 saturated carbocycles. The SMILES string of the molecule is Fc1cccc2ccc(CCl)cc12. The molecule has 0 amide bonds. The van der Waals surface area contributed by atoms with Gasteiger partial charge in [-0.05, 0) is 23.1 Å². The third-order valence-corrected chi connectivity index (χ3v) is 2.36. The molecule has 0 N–H and O–H groups in total. The van der Waals surface area contributed by atoms with E-state index in [1.807, 2.05) is 18.2 Å². The Kier molecular flexibility index (Phi) is 2.19. The molecular weight excluding hydrogens is 187 g/mol. The summed E-state index contributed by atoms with van der Waals surface area (Å²) in [5.41, 5.74) is 0.944. The Morgan fingerprint density at radius 2 is 2.00 bits per heavy atom. The summed E-state index contributed by atoms with van der Waals surface area (Å²) in [6.07, 6.45) is 0. The Morgan fingerprint density at radius 3 is 2.77 bits per heavy atom. The molecule has 0 nitrogen and oxygen atoms in total. The Morgan fingerprint density at radius 1 is 1.15 bits per heavy atom. The minimum atomic E-state index is -0.190. The molecule has 0 aromatic heterocycles. The van der Waals surface area contributed by atoms with Gasteiger partial charge in [-0.25, -0.2) is 4.39 Å². The molecule has 0 aliphatic rings. The summed E-state index contributed by atoms with van der Waals surface area (Å²) in [5, 5.41) is 1.55. The van der Waals surface area contributed by atoms with Gasteiger partial charge in [0, 0.05) is 11.3 Å². The summed E-state index contributed by atoms with van der Waals surface area (Å²) < 4.78 is 13.3. The highest BCUT2D eigenvalue weighted by Crippen LogP contribution is 2.19. The van der Waals surface area contributed by atoms with E-state index in [2.05, 4.69) is 0 Å². The van der Waals surface area contributed by atoms with Crippen molar-refractivity contribution in [1.82, 2.24) is 0 Å². The maximum Gasteiger partial charge on any atom is 0.131 e. The van der Waals surface area contributed by atoms with Gasteiger partial charge in [-0.15, -0.1) is 11.6 Å². The van der Waals surface area contributed by atoms with Crippen LogP contribution in [0.3, 0.4) is 0 Å². The van der Waals surface area contributed by atoms with Gasteiger partial charge in [-0.2, -0.15) is 0 Å². The molecule has 0 radical (unpaired) electrons. The lowest BCUT2D eigenvalue weighted by Crippen LogP contribution is -1.82. The van der Waals surface area contributed by atoms with Gasteiger partial charge in [0.2, 0.25) is 0 Å².